The normalized spacial score (nSPS) is 10.3. The van der Waals surface area contributed by atoms with E-state index in [1.807, 2.05) is 24.3 Å². The topological polar surface area (TPSA) is 50.4 Å². The number of nitrogens with one attached hydrogen (secondary N) is 2. The molecule has 1 aromatic carbocycles. The van der Waals surface area contributed by atoms with Gasteiger partial charge < -0.3 is 15.4 Å². The van der Waals surface area contributed by atoms with Gasteiger partial charge in [0.05, 0.1) is 13.2 Å². The highest BCUT2D eigenvalue weighted by Crippen LogP contribution is 2.17. The maximum Gasteiger partial charge on any atom is 0.239 e. The van der Waals surface area contributed by atoms with Gasteiger partial charge in [-0.15, -0.1) is 0 Å². The molecule has 1 aromatic rings. The number of hydrogen-bond acceptors (Lipinski definition) is 3. The molecule has 23 heavy (non-hydrogen) atoms. The Labute approximate surface area is 141 Å². The first-order valence-electron chi connectivity index (χ1n) is 8.99. The number of unbranched alkanes of at least 4 members (excludes halogenated alkanes) is 5. The molecule has 1 rings (SSSR count). The molecule has 4 heteroatoms. The zero-order valence-electron chi connectivity index (χ0n) is 14.7. The lowest BCUT2D eigenvalue weighted by Gasteiger charge is -2.10. The largest absolute Gasteiger partial charge is 0.494 e. The Balaban J connectivity index is 2.23. The van der Waals surface area contributed by atoms with E-state index in [4.69, 9.17) is 4.74 Å². The van der Waals surface area contributed by atoms with E-state index in [0.29, 0.717) is 6.54 Å². The van der Waals surface area contributed by atoms with Gasteiger partial charge in [-0.25, -0.2) is 0 Å². The van der Waals surface area contributed by atoms with Crippen molar-refractivity contribution in [1.29, 1.82) is 0 Å². The molecule has 0 unspecified atom stereocenters. The van der Waals surface area contributed by atoms with Gasteiger partial charge in [0.2, 0.25) is 5.91 Å². The molecule has 0 bridgehead atoms. The van der Waals surface area contributed by atoms with Gasteiger partial charge >= 0.3 is 0 Å². The first-order valence-corrected chi connectivity index (χ1v) is 8.99. The number of amides is 1. The van der Waals surface area contributed by atoms with Gasteiger partial charge in [-0.05, 0) is 25.0 Å². The number of ether oxygens (including phenoxy) is 1. The third-order valence-electron chi connectivity index (χ3n) is 3.66. The summed E-state index contributed by atoms with van der Waals surface area (Å²) < 4.78 is 5.77. The van der Waals surface area contributed by atoms with E-state index in [1.165, 1.54) is 25.7 Å². The SMILES string of the molecule is CCCCCCCOc1cccc(NCC(=O)NCCCC)c1. The van der Waals surface area contributed by atoms with Crippen LogP contribution < -0.4 is 15.4 Å². The van der Waals surface area contributed by atoms with Crippen molar-refractivity contribution in [3.05, 3.63) is 24.3 Å². The molecule has 0 aliphatic rings. The lowest BCUT2D eigenvalue weighted by atomic mass is 10.2. The van der Waals surface area contributed by atoms with Crippen molar-refractivity contribution in [2.45, 2.75) is 58.8 Å². The van der Waals surface area contributed by atoms with Crippen molar-refractivity contribution in [1.82, 2.24) is 5.32 Å². The van der Waals surface area contributed by atoms with Gasteiger partial charge in [0, 0.05) is 18.3 Å². The van der Waals surface area contributed by atoms with E-state index in [2.05, 4.69) is 24.5 Å². The van der Waals surface area contributed by atoms with Crippen LogP contribution in [0.2, 0.25) is 0 Å². The van der Waals surface area contributed by atoms with Crippen LogP contribution in [0.3, 0.4) is 0 Å². The Hall–Kier alpha value is -1.71. The minimum absolute atomic E-state index is 0.0284. The molecule has 0 radical (unpaired) electrons. The molecule has 0 saturated heterocycles. The number of anilines is 1. The first kappa shape index (κ1) is 19.3. The van der Waals surface area contributed by atoms with Crippen molar-refractivity contribution in [3.8, 4) is 5.75 Å². The predicted molar refractivity (Wildman–Crippen MR) is 97.1 cm³/mol. The number of hydrogen-bond donors (Lipinski definition) is 2. The summed E-state index contributed by atoms with van der Waals surface area (Å²) >= 11 is 0. The Morgan fingerprint density at radius 3 is 2.61 bits per heavy atom. The molecule has 2 N–H and O–H groups in total. The number of benzene rings is 1. The molecular formula is C19H32N2O2. The third-order valence-corrected chi connectivity index (χ3v) is 3.66. The molecule has 0 atom stereocenters. The van der Waals surface area contributed by atoms with Gasteiger partial charge in [0.25, 0.3) is 0 Å². The lowest BCUT2D eigenvalue weighted by Crippen LogP contribution is -2.30. The molecule has 1 amide bonds. The van der Waals surface area contributed by atoms with E-state index in [0.717, 1.165) is 43.9 Å². The maximum absolute atomic E-state index is 11.7. The summed E-state index contributed by atoms with van der Waals surface area (Å²) in [5, 5.41) is 6.03. The molecule has 0 aliphatic heterocycles. The Bertz CT molecular complexity index is 435. The van der Waals surface area contributed by atoms with E-state index in [9.17, 15) is 4.79 Å². The average Bonchev–Trinajstić information content (AvgIpc) is 2.57. The minimum atomic E-state index is 0.0284. The zero-order valence-corrected chi connectivity index (χ0v) is 14.7. The van der Waals surface area contributed by atoms with Crippen molar-refractivity contribution in [2.75, 3.05) is 25.0 Å². The summed E-state index contributed by atoms with van der Waals surface area (Å²) in [6, 6.07) is 7.81. The van der Waals surface area contributed by atoms with Gasteiger partial charge in [-0.1, -0.05) is 52.0 Å². The smallest absolute Gasteiger partial charge is 0.239 e. The summed E-state index contributed by atoms with van der Waals surface area (Å²) in [4.78, 5) is 11.7. The van der Waals surface area contributed by atoms with E-state index >= 15 is 0 Å². The zero-order chi connectivity index (χ0) is 16.8. The van der Waals surface area contributed by atoms with Crippen molar-refractivity contribution in [2.24, 2.45) is 0 Å². The summed E-state index contributed by atoms with van der Waals surface area (Å²) in [5.41, 5.74) is 0.916. The molecule has 0 aromatic heterocycles. The number of carbonyl (C=O) groups is 1. The van der Waals surface area contributed by atoms with Crippen LogP contribution in [-0.2, 0) is 4.79 Å². The van der Waals surface area contributed by atoms with Gasteiger partial charge in [-0.3, -0.25) is 4.79 Å². The monoisotopic (exact) mass is 320 g/mol. The molecular weight excluding hydrogens is 288 g/mol. The molecule has 0 fully saturated rings. The minimum Gasteiger partial charge on any atom is -0.494 e. The van der Waals surface area contributed by atoms with E-state index in [1.54, 1.807) is 0 Å². The second-order valence-corrected chi connectivity index (χ2v) is 5.85. The van der Waals surface area contributed by atoms with Gasteiger partial charge in [0.15, 0.2) is 0 Å². The third kappa shape index (κ3) is 9.82. The summed E-state index contributed by atoms with van der Waals surface area (Å²) in [5.74, 6) is 0.887. The van der Waals surface area contributed by atoms with Crippen LogP contribution in [0, 0.1) is 0 Å². The van der Waals surface area contributed by atoms with Crippen molar-refractivity contribution < 1.29 is 9.53 Å². The Morgan fingerprint density at radius 1 is 1.04 bits per heavy atom. The quantitative estimate of drug-likeness (QED) is 0.531. The van der Waals surface area contributed by atoms with Gasteiger partial charge in [-0.2, -0.15) is 0 Å². The van der Waals surface area contributed by atoms with Crippen LogP contribution >= 0.6 is 0 Å². The van der Waals surface area contributed by atoms with E-state index in [-0.39, 0.29) is 5.91 Å². The first-order chi connectivity index (χ1) is 11.3. The van der Waals surface area contributed by atoms with Crippen LogP contribution in [0.5, 0.6) is 5.75 Å². The fourth-order valence-corrected chi connectivity index (χ4v) is 2.24. The van der Waals surface area contributed by atoms with Crippen LogP contribution in [0.4, 0.5) is 5.69 Å². The second-order valence-electron chi connectivity index (χ2n) is 5.85. The number of carbonyl (C=O) groups excluding carboxylic acids is 1. The fraction of sp³-hybridized carbons (Fsp3) is 0.632. The second kappa shape index (κ2) is 12.8. The fourth-order valence-electron chi connectivity index (χ4n) is 2.24. The molecule has 130 valence electrons. The number of rotatable bonds is 13. The highest BCUT2D eigenvalue weighted by molar-refractivity contribution is 5.80. The standard InChI is InChI=1S/C19H32N2O2/c1-3-5-7-8-9-14-23-18-12-10-11-17(15-18)21-16-19(22)20-13-6-4-2/h10-12,15,21H,3-9,13-14,16H2,1-2H3,(H,20,22). The summed E-state index contributed by atoms with van der Waals surface area (Å²) in [6.45, 7) is 6.13. The van der Waals surface area contributed by atoms with Crippen molar-refractivity contribution >= 4 is 11.6 Å². The molecule has 0 aliphatic carbocycles. The Kier molecular flexibility index (Phi) is 10.8. The summed E-state index contributed by atoms with van der Waals surface area (Å²) in [7, 11) is 0. The summed E-state index contributed by atoms with van der Waals surface area (Å²) in [6.07, 6.45) is 8.29. The molecule has 4 nitrogen and oxygen atoms in total. The predicted octanol–water partition coefficient (Wildman–Crippen LogP) is 4.36. The molecule has 0 saturated carbocycles. The molecule has 0 spiro atoms. The van der Waals surface area contributed by atoms with Gasteiger partial charge in [0.1, 0.15) is 5.75 Å². The lowest BCUT2D eigenvalue weighted by molar-refractivity contribution is -0.119. The van der Waals surface area contributed by atoms with Crippen molar-refractivity contribution in [3.63, 3.8) is 0 Å². The van der Waals surface area contributed by atoms with Crippen LogP contribution in [-0.4, -0.2) is 25.6 Å². The Morgan fingerprint density at radius 2 is 1.83 bits per heavy atom. The maximum atomic E-state index is 11.7. The van der Waals surface area contributed by atoms with Crippen LogP contribution in [0.15, 0.2) is 24.3 Å². The highest BCUT2D eigenvalue weighted by Gasteiger charge is 2.01. The highest BCUT2D eigenvalue weighted by atomic mass is 16.5. The average molecular weight is 320 g/mol. The molecule has 0 heterocycles. The van der Waals surface area contributed by atoms with Crippen LogP contribution in [0.25, 0.3) is 0 Å². The van der Waals surface area contributed by atoms with Crippen LogP contribution in [0.1, 0.15) is 58.8 Å². The van der Waals surface area contributed by atoms with E-state index < -0.39 is 0 Å².